The lowest BCUT2D eigenvalue weighted by atomic mass is 10.1. The molecule has 0 aliphatic carbocycles. The summed E-state index contributed by atoms with van der Waals surface area (Å²) in [6.45, 7) is -1.19. The fourth-order valence-electron chi connectivity index (χ4n) is 2.97. The quantitative estimate of drug-likeness (QED) is 0.537. The number of hydrogen-bond donors (Lipinski definition) is 2. The highest BCUT2D eigenvalue weighted by molar-refractivity contribution is 6.15. The smallest absolute Gasteiger partial charge is 0.387 e. The van der Waals surface area contributed by atoms with Gasteiger partial charge in [-0.15, -0.1) is 0 Å². The van der Waals surface area contributed by atoms with Gasteiger partial charge in [0, 0.05) is 24.9 Å². The highest BCUT2D eigenvalue weighted by atomic mass is 19.3. The molecule has 0 unspecified atom stereocenters. The molecule has 1 fully saturated rings. The van der Waals surface area contributed by atoms with Crippen LogP contribution < -0.4 is 15.4 Å². The monoisotopic (exact) mass is 403 g/mol. The number of amidine groups is 1. The first kappa shape index (κ1) is 20.4. The number of anilines is 1. The Morgan fingerprint density at radius 2 is 1.86 bits per heavy atom. The van der Waals surface area contributed by atoms with Crippen LogP contribution in [0.2, 0.25) is 0 Å². The minimum Gasteiger partial charge on any atom is -0.435 e. The molecule has 1 aromatic heterocycles. The van der Waals surface area contributed by atoms with Gasteiger partial charge in [0.05, 0.1) is 0 Å². The van der Waals surface area contributed by atoms with E-state index >= 15 is 0 Å². The third-order valence-electron chi connectivity index (χ3n) is 4.35. The van der Waals surface area contributed by atoms with Gasteiger partial charge in [-0.25, -0.2) is 14.4 Å². The Hall–Kier alpha value is -3.36. The van der Waals surface area contributed by atoms with Crippen molar-refractivity contribution in [2.24, 2.45) is 10.7 Å². The maximum Gasteiger partial charge on any atom is 0.387 e. The van der Waals surface area contributed by atoms with Crippen LogP contribution in [0.4, 0.5) is 24.8 Å². The average Bonchev–Trinajstić information content (AvgIpc) is 3.23. The molecule has 0 saturated carbocycles. The minimum absolute atomic E-state index is 0.000261. The second-order valence-electron chi connectivity index (χ2n) is 6.35. The summed E-state index contributed by atoms with van der Waals surface area (Å²) in [6.07, 6.45) is 4.55. The van der Waals surface area contributed by atoms with E-state index in [4.69, 9.17) is 11.1 Å². The molecule has 0 radical (unpaired) electrons. The highest BCUT2D eigenvalue weighted by Gasteiger charge is 2.15. The zero-order valence-electron chi connectivity index (χ0n) is 15.5. The summed E-state index contributed by atoms with van der Waals surface area (Å²) in [5, 5.41) is 7.58. The largest absolute Gasteiger partial charge is 0.435 e. The van der Waals surface area contributed by atoms with Crippen LogP contribution in [0.3, 0.4) is 0 Å². The predicted octanol–water partition coefficient (Wildman–Crippen LogP) is 4.14. The average molecular weight is 403 g/mol. The van der Waals surface area contributed by atoms with Gasteiger partial charge >= 0.3 is 6.61 Å². The summed E-state index contributed by atoms with van der Waals surface area (Å²) in [6, 6.07) is 8.64. The third kappa shape index (κ3) is 5.34. The summed E-state index contributed by atoms with van der Waals surface area (Å²) in [4.78, 5) is 10.3. The maximum absolute atomic E-state index is 14.1. The molecular formula is C20H20F3N5O. The number of allylic oxidation sites excluding steroid dienone is 1. The number of pyridine rings is 1. The van der Waals surface area contributed by atoms with Crippen LogP contribution in [0.25, 0.3) is 5.57 Å². The zero-order chi connectivity index (χ0) is 20.8. The van der Waals surface area contributed by atoms with Crippen molar-refractivity contribution in [3.63, 3.8) is 0 Å². The third-order valence-corrected chi connectivity index (χ3v) is 4.35. The number of hydrogen-bond acceptors (Lipinski definition) is 5. The van der Waals surface area contributed by atoms with Crippen LogP contribution in [-0.2, 0) is 0 Å². The van der Waals surface area contributed by atoms with Crippen molar-refractivity contribution < 1.29 is 17.9 Å². The first-order chi connectivity index (χ1) is 14.0. The Labute approximate surface area is 166 Å². The van der Waals surface area contributed by atoms with E-state index in [2.05, 4.69) is 19.6 Å². The number of ether oxygens (including phenoxy) is 1. The van der Waals surface area contributed by atoms with Crippen molar-refractivity contribution in [3.8, 4) is 5.75 Å². The van der Waals surface area contributed by atoms with Gasteiger partial charge in [0.25, 0.3) is 0 Å². The van der Waals surface area contributed by atoms with E-state index in [1.54, 1.807) is 6.07 Å². The maximum atomic E-state index is 14.1. The summed E-state index contributed by atoms with van der Waals surface area (Å²) >= 11 is 0. The lowest BCUT2D eigenvalue weighted by molar-refractivity contribution is -0.0498. The Morgan fingerprint density at radius 3 is 2.48 bits per heavy atom. The van der Waals surface area contributed by atoms with Gasteiger partial charge < -0.3 is 20.8 Å². The molecule has 0 bridgehead atoms. The second-order valence-corrected chi connectivity index (χ2v) is 6.35. The molecule has 6 nitrogen and oxygen atoms in total. The fourth-order valence-corrected chi connectivity index (χ4v) is 2.97. The van der Waals surface area contributed by atoms with Crippen LogP contribution >= 0.6 is 0 Å². The molecule has 3 N–H and O–H groups in total. The van der Waals surface area contributed by atoms with Crippen molar-refractivity contribution >= 4 is 29.3 Å². The molecule has 152 valence electrons. The van der Waals surface area contributed by atoms with Crippen LogP contribution in [0.5, 0.6) is 5.75 Å². The molecule has 0 atom stereocenters. The lowest BCUT2D eigenvalue weighted by Gasteiger charge is -2.16. The number of nitrogens with two attached hydrogens (primary N) is 1. The molecule has 0 spiro atoms. The van der Waals surface area contributed by atoms with Gasteiger partial charge in [-0.3, -0.25) is 0 Å². The van der Waals surface area contributed by atoms with Gasteiger partial charge in [-0.2, -0.15) is 8.78 Å². The van der Waals surface area contributed by atoms with Crippen LogP contribution in [0, 0.1) is 11.2 Å². The van der Waals surface area contributed by atoms with Crippen molar-refractivity contribution in [2.45, 2.75) is 19.5 Å². The van der Waals surface area contributed by atoms with E-state index in [1.807, 2.05) is 0 Å². The summed E-state index contributed by atoms with van der Waals surface area (Å²) in [7, 11) is 0. The second kappa shape index (κ2) is 9.22. The number of aliphatic imine (C=N–C) groups is 1. The van der Waals surface area contributed by atoms with E-state index in [9.17, 15) is 13.2 Å². The number of aromatic nitrogens is 1. The highest BCUT2D eigenvalue weighted by Crippen LogP contribution is 2.24. The Morgan fingerprint density at radius 1 is 1.17 bits per heavy atom. The van der Waals surface area contributed by atoms with Gasteiger partial charge in [-0.05, 0) is 48.7 Å². The number of halogens is 3. The first-order valence-electron chi connectivity index (χ1n) is 8.99. The normalized spacial score (nSPS) is 15.1. The molecule has 2 heterocycles. The first-order valence-corrected chi connectivity index (χ1v) is 8.99. The Balaban J connectivity index is 1.83. The van der Waals surface area contributed by atoms with E-state index in [1.165, 1.54) is 36.4 Å². The Bertz CT molecular complexity index is 922. The van der Waals surface area contributed by atoms with Crippen LogP contribution in [0.1, 0.15) is 18.4 Å². The van der Waals surface area contributed by atoms with Gasteiger partial charge in [-0.1, -0.05) is 12.1 Å². The molecule has 1 aromatic carbocycles. The minimum atomic E-state index is -2.92. The van der Waals surface area contributed by atoms with Gasteiger partial charge in [0.2, 0.25) is 0 Å². The zero-order valence-corrected chi connectivity index (χ0v) is 15.5. The van der Waals surface area contributed by atoms with Crippen LogP contribution in [-0.4, -0.2) is 36.7 Å². The molecule has 1 saturated heterocycles. The molecular weight excluding hydrogens is 383 g/mol. The van der Waals surface area contributed by atoms with Gasteiger partial charge in [0.15, 0.2) is 11.6 Å². The molecule has 9 heteroatoms. The molecule has 2 aromatic rings. The fraction of sp³-hybridized carbons (Fsp3) is 0.250. The van der Waals surface area contributed by atoms with E-state index in [0.717, 1.165) is 32.1 Å². The molecule has 1 aliphatic heterocycles. The topological polar surface area (TPSA) is 87.6 Å². The summed E-state index contributed by atoms with van der Waals surface area (Å²) < 4.78 is 42.9. The number of alkyl halides is 2. The predicted molar refractivity (Wildman–Crippen MR) is 107 cm³/mol. The molecule has 1 aliphatic rings. The number of nitrogens with one attached hydrogen (secondary N) is 1. The number of rotatable bonds is 7. The number of nitrogens with zero attached hydrogens (tertiary/aromatic N) is 3. The summed E-state index contributed by atoms with van der Waals surface area (Å²) in [5.41, 5.74) is 6.82. The van der Waals surface area contributed by atoms with E-state index in [-0.39, 0.29) is 17.4 Å². The van der Waals surface area contributed by atoms with E-state index < -0.39 is 12.4 Å². The molecule has 29 heavy (non-hydrogen) atoms. The van der Waals surface area contributed by atoms with Crippen LogP contribution in [0.15, 0.2) is 47.5 Å². The molecule has 0 amide bonds. The Kier molecular flexibility index (Phi) is 6.48. The standard InChI is InChI=1S/C20H20F3N5O/c21-16-7-8-18(28-9-1-2-10-28)27-19(16)26-17(25)11-14(12-24)13-3-5-15(6-4-13)29-20(22)23/h3-8,11-12,20,24H,1-2,9-10H2,(H2,25,26,27)/b14-11+,24-12?. The van der Waals surface area contributed by atoms with Crippen molar-refractivity contribution in [1.82, 2.24) is 4.98 Å². The van der Waals surface area contributed by atoms with Crippen molar-refractivity contribution in [1.29, 1.82) is 5.41 Å². The number of benzene rings is 1. The lowest BCUT2D eigenvalue weighted by Crippen LogP contribution is -2.19. The van der Waals surface area contributed by atoms with E-state index in [0.29, 0.717) is 17.0 Å². The van der Waals surface area contributed by atoms with Gasteiger partial charge in [0.1, 0.15) is 17.4 Å². The van der Waals surface area contributed by atoms with Crippen molar-refractivity contribution in [2.75, 3.05) is 18.0 Å². The SMILES string of the molecule is N=C/C(=C\C(N)=N\c1nc(N2CCCC2)ccc1F)c1ccc(OC(F)F)cc1. The molecule has 3 rings (SSSR count). The summed E-state index contributed by atoms with van der Waals surface area (Å²) in [5.74, 6) is -0.134. The van der Waals surface area contributed by atoms with Crippen molar-refractivity contribution in [3.05, 3.63) is 53.9 Å².